The van der Waals surface area contributed by atoms with Crippen LogP contribution < -0.4 is 10.1 Å². The second kappa shape index (κ2) is 5.39. The zero-order valence-corrected chi connectivity index (χ0v) is 12.1. The molecule has 0 spiro atoms. The van der Waals surface area contributed by atoms with E-state index in [4.69, 9.17) is 4.74 Å². The van der Waals surface area contributed by atoms with Crippen molar-refractivity contribution in [2.45, 2.75) is 45.3 Å². The van der Waals surface area contributed by atoms with E-state index in [9.17, 15) is 0 Å². The molecule has 0 radical (unpaired) electrons. The number of hydrogen-bond acceptors (Lipinski definition) is 4. The van der Waals surface area contributed by atoms with Gasteiger partial charge in [0.05, 0.1) is 5.69 Å². The maximum Gasteiger partial charge on any atom is 0.171 e. The summed E-state index contributed by atoms with van der Waals surface area (Å²) in [7, 11) is 0. The molecule has 1 N–H and O–H groups in total. The van der Waals surface area contributed by atoms with Crippen LogP contribution >= 0.6 is 0 Å². The van der Waals surface area contributed by atoms with E-state index in [0.29, 0.717) is 6.61 Å². The summed E-state index contributed by atoms with van der Waals surface area (Å²) in [6.45, 7) is 2.53. The van der Waals surface area contributed by atoms with Gasteiger partial charge in [0.2, 0.25) is 0 Å². The fourth-order valence-corrected chi connectivity index (χ4v) is 3.22. The molecule has 2 aliphatic rings. The van der Waals surface area contributed by atoms with Crippen molar-refractivity contribution in [3.05, 3.63) is 35.4 Å². The molecule has 1 aromatic heterocycles. The average molecular weight is 284 g/mol. The lowest BCUT2D eigenvalue weighted by Crippen LogP contribution is -2.16. The van der Waals surface area contributed by atoms with E-state index in [2.05, 4.69) is 32.2 Å². The van der Waals surface area contributed by atoms with Crippen LogP contribution in [0.15, 0.2) is 18.2 Å². The number of nitrogens with one attached hydrogen (secondary N) is 1. The molecule has 2 aliphatic heterocycles. The zero-order valence-electron chi connectivity index (χ0n) is 12.1. The summed E-state index contributed by atoms with van der Waals surface area (Å²) in [5.74, 6) is 2.98. The summed E-state index contributed by atoms with van der Waals surface area (Å²) in [6.07, 6.45) is 5.78. The smallest absolute Gasteiger partial charge is 0.171 e. The van der Waals surface area contributed by atoms with E-state index >= 15 is 0 Å². The minimum atomic E-state index is 0.491. The first-order chi connectivity index (χ1) is 10.4. The van der Waals surface area contributed by atoms with Crippen molar-refractivity contribution in [3.63, 3.8) is 0 Å². The molecule has 0 amide bonds. The summed E-state index contributed by atoms with van der Waals surface area (Å²) in [6, 6.07) is 6.28. The second-order valence-corrected chi connectivity index (χ2v) is 5.75. The van der Waals surface area contributed by atoms with Gasteiger partial charge in [-0.15, -0.1) is 10.2 Å². The summed E-state index contributed by atoms with van der Waals surface area (Å²) < 4.78 is 8.24. The molecule has 4 rings (SSSR count). The highest BCUT2D eigenvalue weighted by Gasteiger charge is 2.17. The van der Waals surface area contributed by atoms with Crippen molar-refractivity contribution in [2.75, 3.05) is 11.9 Å². The zero-order chi connectivity index (χ0) is 14.1. The van der Waals surface area contributed by atoms with Crippen molar-refractivity contribution in [3.8, 4) is 5.75 Å². The van der Waals surface area contributed by atoms with Gasteiger partial charge in [-0.25, -0.2) is 0 Å². The maximum atomic E-state index is 6.03. The highest BCUT2D eigenvalue weighted by molar-refractivity contribution is 5.63. The summed E-state index contributed by atoms with van der Waals surface area (Å²) in [5, 5.41) is 12.0. The molecule has 3 heterocycles. The minimum Gasteiger partial charge on any atom is -0.483 e. The van der Waals surface area contributed by atoms with Crippen LogP contribution in [0.3, 0.4) is 0 Å². The Bertz CT molecular complexity index is 650. The predicted octanol–water partition coefficient (Wildman–Crippen LogP) is 2.55. The third-order valence-corrected chi connectivity index (χ3v) is 4.33. The monoisotopic (exact) mass is 284 g/mol. The van der Waals surface area contributed by atoms with Crippen molar-refractivity contribution in [1.82, 2.24) is 14.8 Å². The van der Waals surface area contributed by atoms with Crippen LogP contribution in [0, 0.1) is 0 Å². The number of benzene rings is 1. The summed E-state index contributed by atoms with van der Waals surface area (Å²) >= 11 is 0. The van der Waals surface area contributed by atoms with Crippen molar-refractivity contribution in [1.29, 1.82) is 0 Å². The van der Waals surface area contributed by atoms with E-state index in [1.54, 1.807) is 0 Å². The summed E-state index contributed by atoms with van der Waals surface area (Å²) in [5.41, 5.74) is 2.50. The first-order valence-electron chi connectivity index (χ1n) is 7.81. The molecule has 110 valence electrons. The van der Waals surface area contributed by atoms with Gasteiger partial charge in [-0.2, -0.15) is 0 Å². The van der Waals surface area contributed by atoms with Crippen LogP contribution in [0.25, 0.3) is 0 Å². The Kier molecular flexibility index (Phi) is 3.25. The van der Waals surface area contributed by atoms with E-state index in [1.165, 1.54) is 24.8 Å². The van der Waals surface area contributed by atoms with Crippen LogP contribution in [0.1, 0.15) is 36.5 Å². The molecular formula is C16H20N4O. The van der Waals surface area contributed by atoms with Gasteiger partial charge in [0.15, 0.2) is 5.82 Å². The lowest BCUT2D eigenvalue weighted by atomic mass is 10.0. The normalized spacial score (nSPS) is 16.8. The molecule has 0 bridgehead atoms. The number of nitrogens with zero attached hydrogens (tertiary/aromatic N) is 3. The SMILES string of the molecule is c1cc2c(c(OCc3nnc4n3CCCC4)c1)NCCC2. The Morgan fingerprint density at radius 1 is 1.14 bits per heavy atom. The first kappa shape index (κ1) is 12.7. The molecule has 0 saturated heterocycles. The van der Waals surface area contributed by atoms with Gasteiger partial charge >= 0.3 is 0 Å². The van der Waals surface area contributed by atoms with Crippen LogP contribution in [-0.4, -0.2) is 21.3 Å². The number of hydrogen-bond donors (Lipinski definition) is 1. The maximum absolute atomic E-state index is 6.03. The van der Waals surface area contributed by atoms with E-state index < -0.39 is 0 Å². The van der Waals surface area contributed by atoms with Gasteiger partial charge in [-0.3, -0.25) is 0 Å². The molecule has 0 aliphatic carbocycles. The van der Waals surface area contributed by atoms with Crippen molar-refractivity contribution < 1.29 is 4.74 Å². The van der Waals surface area contributed by atoms with E-state index in [1.807, 2.05) is 6.07 Å². The van der Waals surface area contributed by atoms with Crippen LogP contribution in [0.5, 0.6) is 5.75 Å². The van der Waals surface area contributed by atoms with Gasteiger partial charge in [0.25, 0.3) is 0 Å². The lowest BCUT2D eigenvalue weighted by Gasteiger charge is -2.21. The van der Waals surface area contributed by atoms with Crippen LogP contribution in [-0.2, 0) is 26.0 Å². The highest BCUT2D eigenvalue weighted by Crippen LogP contribution is 2.32. The Morgan fingerprint density at radius 2 is 2.14 bits per heavy atom. The Labute approximate surface area is 124 Å². The average Bonchev–Trinajstić information content (AvgIpc) is 2.96. The number of fused-ring (bicyclic) bond motifs is 2. The van der Waals surface area contributed by atoms with Crippen LogP contribution in [0.2, 0.25) is 0 Å². The van der Waals surface area contributed by atoms with Gasteiger partial charge in [-0.1, -0.05) is 12.1 Å². The molecule has 5 heteroatoms. The third-order valence-electron chi connectivity index (χ3n) is 4.33. The topological polar surface area (TPSA) is 52.0 Å². The molecule has 5 nitrogen and oxygen atoms in total. The predicted molar refractivity (Wildman–Crippen MR) is 80.5 cm³/mol. The number of rotatable bonds is 3. The molecule has 0 fully saturated rings. The molecule has 21 heavy (non-hydrogen) atoms. The molecule has 0 atom stereocenters. The van der Waals surface area contributed by atoms with E-state index in [-0.39, 0.29) is 0 Å². The fraction of sp³-hybridized carbons (Fsp3) is 0.500. The standard InChI is InChI=1S/C16H20N4O/c1-2-10-20-14(8-1)18-19-15(20)11-21-13-7-3-5-12-6-4-9-17-16(12)13/h3,5,7,17H,1-2,4,6,8-11H2. The fourth-order valence-electron chi connectivity index (χ4n) is 3.22. The second-order valence-electron chi connectivity index (χ2n) is 5.75. The lowest BCUT2D eigenvalue weighted by molar-refractivity contribution is 0.287. The van der Waals surface area contributed by atoms with Gasteiger partial charge < -0.3 is 14.6 Å². The molecular weight excluding hydrogens is 264 g/mol. The molecule has 2 aromatic rings. The first-order valence-corrected chi connectivity index (χ1v) is 7.81. The Morgan fingerprint density at radius 3 is 3.14 bits per heavy atom. The number of aromatic nitrogens is 3. The number of anilines is 1. The Hall–Kier alpha value is -2.04. The Balaban J connectivity index is 1.54. The van der Waals surface area contributed by atoms with Crippen LogP contribution in [0.4, 0.5) is 5.69 Å². The molecule has 0 saturated carbocycles. The quantitative estimate of drug-likeness (QED) is 0.941. The summed E-state index contributed by atoms with van der Waals surface area (Å²) in [4.78, 5) is 0. The van der Waals surface area contributed by atoms with Gasteiger partial charge in [0.1, 0.15) is 18.2 Å². The van der Waals surface area contributed by atoms with Crippen molar-refractivity contribution >= 4 is 5.69 Å². The van der Waals surface area contributed by atoms with Gasteiger partial charge in [-0.05, 0) is 37.3 Å². The number of ether oxygens (including phenoxy) is 1. The largest absolute Gasteiger partial charge is 0.483 e. The minimum absolute atomic E-state index is 0.491. The molecule has 1 aromatic carbocycles. The molecule has 0 unspecified atom stereocenters. The highest BCUT2D eigenvalue weighted by atomic mass is 16.5. The van der Waals surface area contributed by atoms with Crippen molar-refractivity contribution in [2.24, 2.45) is 0 Å². The van der Waals surface area contributed by atoms with Gasteiger partial charge in [0, 0.05) is 19.5 Å². The number of para-hydroxylation sites is 1. The third kappa shape index (κ3) is 2.37. The number of aryl methyl sites for hydroxylation is 2. The van der Waals surface area contributed by atoms with E-state index in [0.717, 1.165) is 49.0 Å².